The number of hydrazine groups is 2. The minimum absolute atomic E-state index is 0.0793. The molecule has 3 aromatic carbocycles. The second kappa shape index (κ2) is 11.1. The van der Waals surface area contributed by atoms with E-state index in [4.69, 9.17) is 11.6 Å². The summed E-state index contributed by atoms with van der Waals surface area (Å²) >= 11 is 6.81. The molecule has 214 valence electrons. The van der Waals surface area contributed by atoms with Gasteiger partial charge in [0, 0.05) is 35.4 Å². The zero-order valence-corrected chi connectivity index (χ0v) is 23.7. The quantitative estimate of drug-likeness (QED) is 0.170. The predicted molar refractivity (Wildman–Crippen MR) is 163 cm³/mol. The van der Waals surface area contributed by atoms with Crippen molar-refractivity contribution >= 4 is 33.9 Å². The van der Waals surface area contributed by atoms with Crippen molar-refractivity contribution in [2.45, 2.75) is 37.4 Å². The van der Waals surface area contributed by atoms with Crippen molar-refractivity contribution in [1.29, 1.82) is 10.5 Å². The molecular weight excluding hydrogens is 563 g/mol. The molecule has 4 aromatic rings. The Morgan fingerprint density at radius 3 is 2.56 bits per heavy atom. The van der Waals surface area contributed by atoms with Crippen molar-refractivity contribution < 1.29 is 5.76 Å². The zero-order valence-electron chi connectivity index (χ0n) is 24.0. The molecule has 0 saturated heterocycles. The van der Waals surface area contributed by atoms with Gasteiger partial charge < -0.3 is 16.1 Å². The van der Waals surface area contributed by atoms with Crippen molar-refractivity contribution in [2.75, 3.05) is 10.6 Å². The fraction of sp³-hybridized carbons (Fsp3) is 0.242. The molecule has 7 rings (SSSR count). The first kappa shape index (κ1) is 25.8. The number of hydrogen-bond donors (Lipinski definition) is 4. The molecule has 2 aliphatic carbocycles. The van der Waals surface area contributed by atoms with Crippen LogP contribution in [0.25, 0.3) is 10.9 Å². The molecule has 0 radical (unpaired) electrons. The van der Waals surface area contributed by atoms with Crippen LogP contribution >= 0.6 is 11.6 Å². The maximum absolute atomic E-state index is 13.9. The highest BCUT2D eigenvalue weighted by atomic mass is 35.5. The Labute approximate surface area is 255 Å². The van der Waals surface area contributed by atoms with E-state index in [2.05, 4.69) is 38.7 Å². The Balaban J connectivity index is 1.32. The van der Waals surface area contributed by atoms with Crippen LogP contribution in [0.1, 0.15) is 49.4 Å². The summed E-state index contributed by atoms with van der Waals surface area (Å²) in [5.74, 6) is -0.401. The molecule has 1 unspecified atom stereocenters. The van der Waals surface area contributed by atoms with Crippen LogP contribution in [0, 0.1) is 40.3 Å². The first-order valence-electron chi connectivity index (χ1n) is 14.7. The van der Waals surface area contributed by atoms with Crippen molar-refractivity contribution in [3.05, 3.63) is 112 Å². The van der Waals surface area contributed by atoms with E-state index < -0.39 is 11.8 Å². The van der Waals surface area contributed by atoms with Gasteiger partial charge in [0.05, 0.1) is 52.9 Å². The molecule has 43 heavy (non-hydrogen) atoms. The number of nitriles is 2. The number of nitrogens with zero attached hydrogens (tertiary/aromatic N) is 4. The first-order valence-corrected chi connectivity index (χ1v) is 14.6. The van der Waals surface area contributed by atoms with Crippen LogP contribution in [-0.2, 0) is 0 Å². The van der Waals surface area contributed by atoms with Gasteiger partial charge >= 0.3 is 0 Å². The summed E-state index contributed by atoms with van der Waals surface area (Å²) in [6, 6.07) is 22.4. The first-order chi connectivity index (χ1) is 21.4. The van der Waals surface area contributed by atoms with Gasteiger partial charge in [0.25, 0.3) is 0 Å². The van der Waals surface area contributed by atoms with Gasteiger partial charge in [0.15, 0.2) is 0 Å². The molecule has 3 aliphatic rings. The molecular formula is C33H28ClFN8. The molecule has 1 aliphatic heterocycles. The number of benzene rings is 3. The molecule has 10 heteroatoms. The van der Waals surface area contributed by atoms with Gasteiger partial charge in [-0.25, -0.2) is 4.39 Å². The van der Waals surface area contributed by atoms with E-state index in [1.807, 2.05) is 47.6 Å². The van der Waals surface area contributed by atoms with Crippen LogP contribution in [0.15, 0.2) is 84.8 Å². The summed E-state index contributed by atoms with van der Waals surface area (Å²) < 4.78 is 23.6. The molecule has 0 spiro atoms. The lowest BCUT2D eigenvalue weighted by atomic mass is 9.99. The van der Waals surface area contributed by atoms with Crippen molar-refractivity contribution in [3.8, 4) is 12.1 Å². The summed E-state index contributed by atoms with van der Waals surface area (Å²) in [5.41, 5.74) is 10.2. The van der Waals surface area contributed by atoms with Gasteiger partial charge in [-0.3, -0.25) is 9.99 Å². The number of aromatic nitrogens is 1. The van der Waals surface area contributed by atoms with Gasteiger partial charge in [-0.2, -0.15) is 10.5 Å². The second-order valence-corrected chi connectivity index (χ2v) is 11.5. The van der Waals surface area contributed by atoms with Crippen molar-refractivity contribution in [3.63, 3.8) is 0 Å². The number of nitrogens with one attached hydrogen (secondary N) is 4. The number of rotatable bonds is 9. The number of anilines is 2. The minimum atomic E-state index is -1.56. The minimum Gasteiger partial charge on any atom is -0.376 e. The average Bonchev–Trinajstić information content (AvgIpc) is 3.98. The second-order valence-electron chi connectivity index (χ2n) is 11.1. The van der Waals surface area contributed by atoms with Gasteiger partial charge in [-0.1, -0.05) is 54.1 Å². The third-order valence-corrected chi connectivity index (χ3v) is 8.43. The van der Waals surface area contributed by atoms with Crippen LogP contribution in [0.5, 0.6) is 0 Å². The summed E-state index contributed by atoms with van der Waals surface area (Å²) in [7, 11) is 0. The maximum atomic E-state index is 13.9. The number of pyridine rings is 1. The Bertz CT molecular complexity index is 1850. The average molecular weight is 592 g/mol. The van der Waals surface area contributed by atoms with Crippen molar-refractivity contribution in [2.24, 2.45) is 11.8 Å². The Kier molecular flexibility index (Phi) is 6.68. The zero-order chi connectivity index (χ0) is 30.4. The van der Waals surface area contributed by atoms with Crippen molar-refractivity contribution in [1.82, 2.24) is 21.0 Å². The fourth-order valence-electron chi connectivity index (χ4n) is 5.62. The molecule has 0 bridgehead atoms. The normalized spacial score (nSPS) is 21.4. The molecule has 4 N–H and O–H groups in total. The Morgan fingerprint density at radius 1 is 1.07 bits per heavy atom. The summed E-state index contributed by atoms with van der Waals surface area (Å²) in [4.78, 5) is 4.50. The van der Waals surface area contributed by atoms with Crippen LogP contribution in [0.2, 0.25) is 5.02 Å². The molecule has 2 saturated carbocycles. The van der Waals surface area contributed by atoms with Crippen LogP contribution in [0.3, 0.4) is 0 Å². The Morgan fingerprint density at radius 2 is 1.86 bits per heavy atom. The van der Waals surface area contributed by atoms with Gasteiger partial charge in [-0.15, -0.1) is 5.53 Å². The van der Waals surface area contributed by atoms with Crippen LogP contribution in [-0.4, -0.2) is 16.0 Å². The highest BCUT2D eigenvalue weighted by Gasteiger charge is 2.44. The molecule has 0 amide bonds. The third kappa shape index (κ3) is 5.41. The largest absolute Gasteiger partial charge is 0.376 e. The van der Waals surface area contributed by atoms with E-state index in [9.17, 15) is 16.3 Å². The SMILES string of the molecule is [2H][C@](Nc1cc(Cl)c2ncc(C#N)c(NC(c3ccccc3)[C@@H]3C[C@H]3C#N)c2c1)(C1=CN(C2CC2)NN1)c1ccc(F)cc1. The predicted octanol–water partition coefficient (Wildman–Crippen LogP) is 6.69. The molecule has 4 atom stereocenters. The topological polar surface area (TPSA) is 112 Å². The van der Waals surface area contributed by atoms with Crippen LogP contribution in [0.4, 0.5) is 15.8 Å². The third-order valence-electron chi connectivity index (χ3n) is 8.14. The summed E-state index contributed by atoms with van der Waals surface area (Å²) in [5, 5.41) is 29.5. The van der Waals surface area contributed by atoms with Crippen LogP contribution < -0.4 is 21.6 Å². The number of halogens is 2. The highest BCUT2D eigenvalue weighted by Crippen LogP contribution is 2.49. The lowest BCUT2D eigenvalue weighted by Gasteiger charge is -2.24. The van der Waals surface area contributed by atoms with Gasteiger partial charge in [0.1, 0.15) is 11.9 Å². The molecule has 8 nitrogen and oxygen atoms in total. The summed E-state index contributed by atoms with van der Waals surface area (Å²) in [6.45, 7) is 0. The Hall–Kier alpha value is -4.83. The van der Waals surface area contributed by atoms with E-state index in [1.165, 1.54) is 18.3 Å². The number of fused-ring (bicyclic) bond motifs is 1. The molecule has 2 fully saturated rings. The lowest BCUT2D eigenvalue weighted by molar-refractivity contribution is 0.260. The highest BCUT2D eigenvalue weighted by molar-refractivity contribution is 6.35. The van der Waals surface area contributed by atoms with E-state index >= 15 is 0 Å². The monoisotopic (exact) mass is 591 g/mol. The summed E-state index contributed by atoms with van der Waals surface area (Å²) in [6.07, 6.45) is 6.22. The smallest absolute Gasteiger partial charge is 0.123 e. The number of hydrogen-bond acceptors (Lipinski definition) is 8. The van der Waals surface area contributed by atoms with E-state index in [1.54, 1.807) is 18.2 Å². The van der Waals surface area contributed by atoms with Gasteiger partial charge in [-0.05, 0) is 54.7 Å². The van der Waals surface area contributed by atoms with Gasteiger partial charge in [0.2, 0.25) is 0 Å². The van der Waals surface area contributed by atoms with E-state index in [0.29, 0.717) is 50.2 Å². The van der Waals surface area contributed by atoms with E-state index in [-0.39, 0.29) is 17.9 Å². The molecule has 2 heterocycles. The van der Waals surface area contributed by atoms with E-state index in [0.717, 1.165) is 24.8 Å². The fourth-order valence-corrected chi connectivity index (χ4v) is 5.89. The standard InChI is InChI=1S/C33H28ClFN8/c34-28-14-24(39-32(20-6-8-23(35)9-7-20)29-18-43(42-41-29)25-10-11-25)13-27-31(22(16-37)17-38-33(27)28)40-30(26-12-21(26)15-36)19-4-2-1-3-5-19/h1-9,13-14,17-18,21,25-26,30,32,39,41-42H,10-12H2,(H,38,40)/t21-,26+,30?,32+/m0/s1/i32D. The lowest BCUT2D eigenvalue weighted by Crippen LogP contribution is -2.38. The maximum Gasteiger partial charge on any atom is 0.123 e. The molecule has 1 aromatic heterocycles.